The first-order chi connectivity index (χ1) is 19.9. The number of rotatable bonds is 6. The van der Waals surface area contributed by atoms with E-state index in [0.717, 1.165) is 39.0 Å². The van der Waals surface area contributed by atoms with Gasteiger partial charge in [-0.05, 0) is 74.1 Å². The topological polar surface area (TPSA) is 69.0 Å². The van der Waals surface area contributed by atoms with Crippen molar-refractivity contribution >= 4 is 40.5 Å². The van der Waals surface area contributed by atoms with Crippen LogP contribution in [0.5, 0.6) is 5.75 Å². The number of benzene rings is 3. The lowest BCUT2D eigenvalue weighted by atomic mass is 10.1. The van der Waals surface area contributed by atoms with Crippen LogP contribution >= 0.6 is 23.4 Å². The Morgan fingerprint density at radius 3 is 2.44 bits per heavy atom. The Labute approximate surface area is 248 Å². The third-order valence-corrected chi connectivity index (χ3v) is 8.24. The Hall–Kier alpha value is -3.85. The van der Waals surface area contributed by atoms with Crippen molar-refractivity contribution in [1.29, 1.82) is 0 Å². The average molecular weight is 585 g/mol. The molecule has 0 N–H and O–H groups in total. The van der Waals surface area contributed by atoms with Gasteiger partial charge in [0.15, 0.2) is 5.17 Å². The fourth-order valence-corrected chi connectivity index (χ4v) is 6.04. The lowest BCUT2D eigenvalue weighted by Crippen LogP contribution is -2.47. The van der Waals surface area contributed by atoms with Crippen molar-refractivity contribution < 1.29 is 14.3 Å². The van der Waals surface area contributed by atoms with Crippen LogP contribution in [0.3, 0.4) is 0 Å². The van der Waals surface area contributed by atoms with Gasteiger partial charge in [0.1, 0.15) is 12.4 Å². The van der Waals surface area contributed by atoms with Crippen molar-refractivity contribution in [3.8, 4) is 22.7 Å². The van der Waals surface area contributed by atoms with Gasteiger partial charge in [-0.3, -0.25) is 4.79 Å². The molecule has 3 aromatic carbocycles. The fourth-order valence-electron chi connectivity index (χ4n) is 4.92. The van der Waals surface area contributed by atoms with Crippen molar-refractivity contribution in [3.63, 3.8) is 0 Å². The first-order valence-corrected chi connectivity index (χ1v) is 14.7. The molecule has 0 aliphatic carbocycles. The highest BCUT2D eigenvalue weighted by Gasteiger charge is 2.31. The second kappa shape index (κ2) is 11.9. The highest BCUT2D eigenvalue weighted by Crippen LogP contribution is 2.34. The first kappa shape index (κ1) is 27.3. The molecule has 6 rings (SSSR count). The molecule has 1 fully saturated rings. The van der Waals surface area contributed by atoms with Crippen molar-refractivity contribution in [2.24, 2.45) is 4.99 Å². The zero-order valence-electron chi connectivity index (χ0n) is 22.7. The Morgan fingerprint density at radius 1 is 1.00 bits per heavy atom. The van der Waals surface area contributed by atoms with E-state index in [2.05, 4.69) is 9.89 Å². The van der Waals surface area contributed by atoms with E-state index in [1.165, 1.54) is 11.8 Å². The number of amides is 1. The molecule has 41 heavy (non-hydrogen) atoms. The minimum atomic E-state index is -0.237. The Morgan fingerprint density at radius 2 is 1.71 bits per heavy atom. The molecule has 0 saturated carbocycles. The van der Waals surface area contributed by atoms with Crippen LogP contribution in [0.4, 0.5) is 0 Å². The van der Waals surface area contributed by atoms with Crippen LogP contribution in [0.25, 0.3) is 23.0 Å². The summed E-state index contributed by atoms with van der Waals surface area (Å²) < 4.78 is 13.7. The maximum atomic E-state index is 13.0. The second-order valence-corrected chi connectivity index (χ2v) is 11.5. The van der Waals surface area contributed by atoms with E-state index in [4.69, 9.17) is 26.2 Å². The minimum Gasteiger partial charge on any atom is -0.489 e. The minimum absolute atomic E-state index is 0.0810. The van der Waals surface area contributed by atoms with Gasteiger partial charge in [0.05, 0.1) is 28.5 Å². The fraction of sp³-hybridized carbons (Fsp3) is 0.219. The number of para-hydroxylation sites is 1. The van der Waals surface area contributed by atoms with Gasteiger partial charge in [0.25, 0.3) is 5.91 Å². The van der Waals surface area contributed by atoms with E-state index in [-0.39, 0.29) is 18.1 Å². The van der Waals surface area contributed by atoms with Crippen LogP contribution in [0.15, 0.2) is 95.0 Å². The number of carbonyl (C=O) groups excluding carboxylic acids is 1. The molecule has 0 radical (unpaired) electrons. The Bertz CT molecular complexity index is 1610. The third kappa shape index (κ3) is 6.25. The number of hydrogen-bond acceptors (Lipinski definition) is 6. The van der Waals surface area contributed by atoms with Gasteiger partial charge in [0.2, 0.25) is 0 Å². The molecular formula is C32H29ClN4O3S. The van der Waals surface area contributed by atoms with Crippen LogP contribution in [-0.2, 0) is 16.1 Å². The molecule has 2 aliphatic heterocycles. The zero-order valence-corrected chi connectivity index (χ0v) is 24.3. The number of halogens is 1. The maximum Gasteiger partial charge on any atom is 0.286 e. The van der Waals surface area contributed by atoms with Gasteiger partial charge in [-0.15, -0.1) is 0 Å². The van der Waals surface area contributed by atoms with E-state index in [1.54, 1.807) is 0 Å². The molecule has 4 aromatic rings. The summed E-state index contributed by atoms with van der Waals surface area (Å²) in [5, 5.41) is 6.31. The molecular weight excluding hydrogens is 556 g/mol. The number of aromatic nitrogens is 2. The van der Waals surface area contributed by atoms with E-state index >= 15 is 0 Å². The summed E-state index contributed by atoms with van der Waals surface area (Å²) in [5.74, 6) is 0.489. The van der Waals surface area contributed by atoms with Crippen LogP contribution in [0.2, 0.25) is 5.02 Å². The van der Waals surface area contributed by atoms with Gasteiger partial charge in [-0.1, -0.05) is 48.0 Å². The maximum absolute atomic E-state index is 13.0. The number of carbonyl (C=O) groups is 1. The summed E-state index contributed by atoms with van der Waals surface area (Å²) in [6.07, 6.45) is 4.00. The highest BCUT2D eigenvalue weighted by atomic mass is 35.5. The Kier molecular flexibility index (Phi) is 7.96. The van der Waals surface area contributed by atoms with Crippen molar-refractivity contribution in [1.82, 2.24) is 14.7 Å². The van der Waals surface area contributed by atoms with Crippen LogP contribution in [0, 0.1) is 0 Å². The van der Waals surface area contributed by atoms with E-state index in [9.17, 15) is 4.79 Å². The lowest BCUT2D eigenvalue weighted by molar-refractivity contribution is -0.113. The molecule has 2 aliphatic rings. The van der Waals surface area contributed by atoms with E-state index in [1.807, 2.05) is 110 Å². The van der Waals surface area contributed by atoms with Gasteiger partial charge < -0.3 is 14.4 Å². The number of nitrogens with zero attached hydrogens (tertiary/aromatic N) is 4. The highest BCUT2D eigenvalue weighted by molar-refractivity contribution is 8.18. The quantitative estimate of drug-likeness (QED) is 0.231. The summed E-state index contributed by atoms with van der Waals surface area (Å²) in [5.41, 5.74) is 4.35. The second-order valence-electron chi connectivity index (χ2n) is 10.1. The van der Waals surface area contributed by atoms with Crippen molar-refractivity contribution in [3.05, 3.63) is 106 Å². The monoisotopic (exact) mass is 584 g/mol. The van der Waals surface area contributed by atoms with E-state index in [0.29, 0.717) is 29.6 Å². The predicted octanol–water partition coefficient (Wildman–Crippen LogP) is 6.85. The molecule has 208 valence electrons. The average Bonchev–Trinajstić information content (AvgIpc) is 3.56. The summed E-state index contributed by atoms with van der Waals surface area (Å²) in [6, 6.07) is 25.3. The summed E-state index contributed by atoms with van der Waals surface area (Å²) in [4.78, 5) is 20.1. The van der Waals surface area contributed by atoms with Gasteiger partial charge in [-0.2, -0.15) is 10.1 Å². The largest absolute Gasteiger partial charge is 0.489 e. The van der Waals surface area contributed by atoms with E-state index < -0.39 is 0 Å². The smallest absolute Gasteiger partial charge is 0.286 e. The third-order valence-electron chi connectivity index (χ3n) is 6.83. The molecule has 7 nitrogen and oxygen atoms in total. The van der Waals surface area contributed by atoms with Gasteiger partial charge in [-0.25, -0.2) is 4.68 Å². The molecule has 9 heteroatoms. The van der Waals surface area contributed by atoms with Crippen LogP contribution in [-0.4, -0.2) is 51.1 Å². The van der Waals surface area contributed by atoms with Crippen LogP contribution in [0.1, 0.15) is 25.0 Å². The number of hydrogen-bond donors (Lipinski definition) is 0. The van der Waals surface area contributed by atoms with Crippen LogP contribution < -0.4 is 4.74 Å². The summed E-state index contributed by atoms with van der Waals surface area (Å²) in [6.45, 7) is 5.87. The molecule has 1 aromatic heterocycles. The zero-order chi connectivity index (χ0) is 28.3. The molecule has 2 atom stereocenters. The number of morpholine rings is 1. The molecule has 1 amide bonds. The molecule has 1 saturated heterocycles. The lowest BCUT2D eigenvalue weighted by Gasteiger charge is -2.35. The number of amidine groups is 1. The predicted molar refractivity (Wildman–Crippen MR) is 164 cm³/mol. The summed E-state index contributed by atoms with van der Waals surface area (Å²) >= 11 is 7.68. The number of aliphatic imine (C=N–C) groups is 1. The molecule has 2 unspecified atom stereocenters. The first-order valence-electron chi connectivity index (χ1n) is 13.5. The van der Waals surface area contributed by atoms with Gasteiger partial charge >= 0.3 is 0 Å². The number of ether oxygens (including phenoxy) is 2. The normalized spacial score (nSPS) is 20.0. The Balaban J connectivity index is 1.27. The number of thioether (sulfide) groups is 1. The molecule has 0 spiro atoms. The molecule has 3 heterocycles. The molecule has 0 bridgehead atoms. The van der Waals surface area contributed by atoms with Crippen molar-refractivity contribution in [2.75, 3.05) is 13.1 Å². The standard InChI is InChI=1S/C32H29ClN4O3S/c1-21-17-36(18-22(2)40-21)32-34-31(38)29(41-32)16-25-19-37(26-9-4-3-5-10-26)35-30(25)23-12-14-27(15-13-23)39-20-24-8-6-7-11-28(24)33/h3-16,19,21-22H,17-18,20H2,1-2H3/b29-16-. The van der Waals surface area contributed by atoms with Crippen molar-refractivity contribution in [2.45, 2.75) is 32.7 Å². The summed E-state index contributed by atoms with van der Waals surface area (Å²) in [7, 11) is 0. The SMILES string of the molecule is CC1CN(C2=NC(=O)/C(=C/c3cn(-c4ccccc4)nc3-c3ccc(OCc4ccccc4Cl)cc3)S2)CC(C)O1. The van der Waals surface area contributed by atoms with Gasteiger partial charge in [0, 0.05) is 41.0 Å².